The Morgan fingerprint density at radius 2 is 2.00 bits per heavy atom. The number of piperidine rings is 1. The highest BCUT2D eigenvalue weighted by Crippen LogP contribution is 2.30. The molecule has 7 heteroatoms. The highest BCUT2D eigenvalue weighted by molar-refractivity contribution is 7.99. The van der Waals surface area contributed by atoms with E-state index < -0.39 is 11.7 Å². The van der Waals surface area contributed by atoms with Gasteiger partial charge in [0.25, 0.3) is 0 Å². The summed E-state index contributed by atoms with van der Waals surface area (Å²) >= 11 is 2.04. The molecule has 2 fully saturated rings. The Morgan fingerprint density at radius 3 is 2.67 bits per heavy atom. The normalized spacial score (nSPS) is 22.1. The van der Waals surface area contributed by atoms with Crippen molar-refractivity contribution in [2.75, 3.05) is 24.6 Å². The van der Waals surface area contributed by atoms with Crippen molar-refractivity contribution in [3.63, 3.8) is 0 Å². The van der Waals surface area contributed by atoms with Crippen LogP contribution in [0.2, 0.25) is 0 Å². The van der Waals surface area contributed by atoms with Crippen LogP contribution in [-0.4, -0.2) is 41.4 Å². The molecule has 150 valence electrons. The lowest BCUT2D eigenvalue weighted by atomic mass is 9.91. The maximum Gasteiger partial charge on any atom is 0.416 e. The Kier molecular flexibility index (Phi) is 7.09. The van der Waals surface area contributed by atoms with E-state index in [1.54, 1.807) is 6.07 Å². The summed E-state index contributed by atoms with van der Waals surface area (Å²) in [4.78, 5) is 14.7. The van der Waals surface area contributed by atoms with Crippen molar-refractivity contribution in [2.45, 2.75) is 50.9 Å². The summed E-state index contributed by atoms with van der Waals surface area (Å²) in [5.41, 5.74) is -0.206. The van der Waals surface area contributed by atoms with Crippen molar-refractivity contribution in [1.82, 2.24) is 10.2 Å². The third-order valence-corrected chi connectivity index (χ3v) is 6.74. The molecule has 0 aromatic heterocycles. The minimum atomic E-state index is -4.36. The number of likely N-dealkylation sites (tertiary alicyclic amines) is 1. The second kappa shape index (κ2) is 9.32. The lowest BCUT2D eigenvalue weighted by Crippen LogP contribution is -2.41. The number of rotatable bonds is 6. The van der Waals surface area contributed by atoms with E-state index in [1.807, 2.05) is 11.8 Å². The molecule has 0 radical (unpaired) electrons. The predicted molar refractivity (Wildman–Crippen MR) is 103 cm³/mol. The SMILES string of the molecule is O=C(CCC1CCN([C@H]2CCSC2)CC1)NCc1cccc(C(F)(F)F)c1. The van der Waals surface area contributed by atoms with E-state index in [9.17, 15) is 18.0 Å². The fraction of sp³-hybridized carbons (Fsp3) is 0.650. The van der Waals surface area contributed by atoms with Gasteiger partial charge in [-0.15, -0.1) is 0 Å². The van der Waals surface area contributed by atoms with E-state index >= 15 is 0 Å². The Balaban J connectivity index is 1.35. The average molecular weight is 401 g/mol. The smallest absolute Gasteiger partial charge is 0.352 e. The molecule has 2 saturated heterocycles. The Bertz CT molecular complexity index is 624. The van der Waals surface area contributed by atoms with E-state index in [0.29, 0.717) is 17.9 Å². The Morgan fingerprint density at radius 1 is 1.22 bits per heavy atom. The molecule has 3 nitrogen and oxygen atoms in total. The molecule has 2 heterocycles. The maximum absolute atomic E-state index is 12.7. The van der Waals surface area contributed by atoms with Crippen LogP contribution in [0.4, 0.5) is 13.2 Å². The number of nitrogens with zero attached hydrogens (tertiary/aromatic N) is 1. The van der Waals surface area contributed by atoms with Gasteiger partial charge in [-0.2, -0.15) is 24.9 Å². The summed E-state index contributed by atoms with van der Waals surface area (Å²) in [6, 6.07) is 5.86. The van der Waals surface area contributed by atoms with Gasteiger partial charge >= 0.3 is 6.18 Å². The molecule has 0 aliphatic carbocycles. The Hall–Kier alpha value is -1.21. The van der Waals surface area contributed by atoms with Crippen LogP contribution >= 0.6 is 11.8 Å². The van der Waals surface area contributed by atoms with Crippen molar-refractivity contribution in [3.05, 3.63) is 35.4 Å². The number of benzene rings is 1. The quantitative estimate of drug-likeness (QED) is 0.772. The molecular formula is C20H27F3N2OS. The number of amides is 1. The lowest BCUT2D eigenvalue weighted by molar-refractivity contribution is -0.137. The lowest BCUT2D eigenvalue weighted by Gasteiger charge is -2.35. The molecule has 2 aliphatic heterocycles. The maximum atomic E-state index is 12.7. The first-order valence-corrected chi connectivity index (χ1v) is 10.8. The zero-order valence-electron chi connectivity index (χ0n) is 15.4. The minimum absolute atomic E-state index is 0.0814. The fourth-order valence-electron chi connectivity index (χ4n) is 3.90. The van der Waals surface area contributed by atoms with Crippen molar-refractivity contribution < 1.29 is 18.0 Å². The number of carbonyl (C=O) groups is 1. The van der Waals surface area contributed by atoms with Crippen molar-refractivity contribution in [2.24, 2.45) is 5.92 Å². The van der Waals surface area contributed by atoms with Gasteiger partial charge in [0, 0.05) is 24.8 Å². The average Bonchev–Trinajstić information content (AvgIpc) is 3.19. The van der Waals surface area contributed by atoms with E-state index in [-0.39, 0.29) is 12.5 Å². The summed E-state index contributed by atoms with van der Waals surface area (Å²) in [5.74, 6) is 3.02. The molecule has 0 saturated carbocycles. The van der Waals surface area contributed by atoms with Gasteiger partial charge in [0.1, 0.15) is 0 Å². The number of alkyl halides is 3. The zero-order chi connectivity index (χ0) is 19.3. The van der Waals surface area contributed by atoms with Gasteiger partial charge in [-0.25, -0.2) is 0 Å². The number of nitrogens with one attached hydrogen (secondary N) is 1. The monoisotopic (exact) mass is 400 g/mol. The number of carbonyl (C=O) groups excluding carboxylic acids is 1. The summed E-state index contributed by atoms with van der Waals surface area (Å²) in [7, 11) is 0. The highest BCUT2D eigenvalue weighted by atomic mass is 32.2. The topological polar surface area (TPSA) is 32.3 Å². The van der Waals surface area contributed by atoms with Crippen LogP contribution in [0.25, 0.3) is 0 Å². The van der Waals surface area contributed by atoms with Gasteiger partial charge in [0.15, 0.2) is 0 Å². The molecule has 3 rings (SSSR count). The second-order valence-electron chi connectivity index (χ2n) is 7.51. The van der Waals surface area contributed by atoms with Crippen LogP contribution in [0.5, 0.6) is 0 Å². The van der Waals surface area contributed by atoms with Gasteiger partial charge in [-0.3, -0.25) is 9.69 Å². The van der Waals surface area contributed by atoms with Gasteiger partial charge in [0.05, 0.1) is 5.56 Å². The second-order valence-corrected chi connectivity index (χ2v) is 8.66. The molecule has 0 bridgehead atoms. The molecule has 2 aliphatic rings. The van der Waals surface area contributed by atoms with Crippen molar-refractivity contribution in [3.8, 4) is 0 Å². The minimum Gasteiger partial charge on any atom is -0.352 e. The summed E-state index contributed by atoms with van der Waals surface area (Å²) < 4.78 is 38.2. The van der Waals surface area contributed by atoms with Gasteiger partial charge < -0.3 is 5.32 Å². The highest BCUT2D eigenvalue weighted by Gasteiger charge is 2.30. The van der Waals surface area contributed by atoms with Crippen LogP contribution in [-0.2, 0) is 17.5 Å². The van der Waals surface area contributed by atoms with Gasteiger partial charge in [0.2, 0.25) is 5.91 Å². The van der Waals surface area contributed by atoms with Crippen molar-refractivity contribution >= 4 is 17.7 Å². The van der Waals surface area contributed by atoms with Crippen LogP contribution in [0.1, 0.15) is 43.2 Å². The summed E-state index contributed by atoms with van der Waals surface area (Å²) in [6.07, 6.45) is 0.536. The first-order valence-electron chi connectivity index (χ1n) is 9.66. The van der Waals surface area contributed by atoms with Crippen molar-refractivity contribution in [1.29, 1.82) is 0 Å². The number of hydrogen-bond acceptors (Lipinski definition) is 3. The van der Waals surface area contributed by atoms with Crippen LogP contribution < -0.4 is 5.32 Å². The third kappa shape index (κ3) is 6.14. The largest absolute Gasteiger partial charge is 0.416 e. The van der Waals surface area contributed by atoms with E-state index in [1.165, 1.54) is 24.0 Å². The fourth-order valence-corrected chi connectivity index (χ4v) is 5.15. The molecule has 1 N–H and O–H groups in total. The van der Waals surface area contributed by atoms with E-state index in [4.69, 9.17) is 0 Å². The van der Waals surface area contributed by atoms with E-state index in [0.717, 1.165) is 50.5 Å². The van der Waals surface area contributed by atoms with Crippen LogP contribution in [0, 0.1) is 5.92 Å². The zero-order valence-corrected chi connectivity index (χ0v) is 16.2. The number of halogens is 3. The molecule has 27 heavy (non-hydrogen) atoms. The number of thioether (sulfide) groups is 1. The molecule has 1 atom stereocenters. The first kappa shape index (κ1) is 20.5. The first-order chi connectivity index (χ1) is 12.9. The summed E-state index contributed by atoms with van der Waals surface area (Å²) in [5, 5.41) is 2.75. The summed E-state index contributed by atoms with van der Waals surface area (Å²) in [6.45, 7) is 2.39. The predicted octanol–water partition coefficient (Wildman–Crippen LogP) is 4.32. The van der Waals surface area contributed by atoms with Crippen LogP contribution in [0.3, 0.4) is 0 Å². The molecule has 1 aromatic rings. The molecule has 0 spiro atoms. The molecule has 0 unspecified atom stereocenters. The van der Waals surface area contributed by atoms with Crippen LogP contribution in [0.15, 0.2) is 24.3 Å². The molecule has 1 amide bonds. The van der Waals surface area contributed by atoms with Gasteiger partial charge in [-0.05, 0) is 68.1 Å². The van der Waals surface area contributed by atoms with Gasteiger partial charge in [-0.1, -0.05) is 12.1 Å². The van der Waals surface area contributed by atoms with E-state index in [2.05, 4.69) is 10.2 Å². The molecular weight excluding hydrogens is 373 g/mol. The third-order valence-electron chi connectivity index (χ3n) is 5.59. The molecule has 1 aromatic carbocycles. The number of hydrogen-bond donors (Lipinski definition) is 1. The standard InChI is InChI=1S/C20H27F3N2OS/c21-20(22,23)17-3-1-2-16(12-17)13-24-19(26)5-4-15-6-9-25(10-7-15)18-8-11-27-14-18/h1-3,12,15,18H,4-11,13-14H2,(H,24,26)/t18-/m0/s1. The Labute approximate surface area is 163 Å².